The molecular formula is C40H44O14. The zero-order valence-electron chi connectivity index (χ0n) is 30.8. The van der Waals surface area contributed by atoms with E-state index in [1.807, 2.05) is 6.92 Å². The highest BCUT2D eigenvalue weighted by Gasteiger charge is 2.87. The first-order valence-corrected chi connectivity index (χ1v) is 19.0. The van der Waals surface area contributed by atoms with Crippen LogP contribution < -0.4 is 0 Å². The number of hydrogen-bond acceptors (Lipinski definition) is 14. The molecule has 7 aliphatic carbocycles. The number of hydrogen-bond donors (Lipinski definition) is 3. The van der Waals surface area contributed by atoms with Crippen LogP contribution in [0.2, 0.25) is 0 Å². The topological polar surface area (TPSA) is 201 Å². The normalized spacial score (nSPS) is 50.9. The number of carbonyl (C=O) groups excluding carboxylic acids is 5. The van der Waals surface area contributed by atoms with E-state index < -0.39 is 87.8 Å². The molecule has 10 aliphatic rings. The second-order valence-corrected chi connectivity index (χ2v) is 17.8. The Morgan fingerprint density at radius 3 is 2.24 bits per heavy atom. The van der Waals surface area contributed by atoms with Gasteiger partial charge in [-0.25, -0.2) is 14.4 Å². The third kappa shape index (κ3) is 3.70. The van der Waals surface area contributed by atoms with Crippen molar-refractivity contribution in [3.05, 3.63) is 45.1 Å². The summed E-state index contributed by atoms with van der Waals surface area (Å²) in [4.78, 5) is 66.7. The smallest absolute Gasteiger partial charge is 0.338 e. The summed E-state index contributed by atoms with van der Waals surface area (Å²) in [7, 11) is 1.35. The highest BCUT2D eigenvalue weighted by Crippen LogP contribution is 2.85. The van der Waals surface area contributed by atoms with Crippen molar-refractivity contribution in [3.8, 4) is 0 Å². The summed E-state index contributed by atoms with van der Waals surface area (Å²) >= 11 is 0. The Balaban J connectivity index is 1.22. The fourth-order valence-corrected chi connectivity index (χ4v) is 13.4. The lowest BCUT2D eigenvalue weighted by Crippen LogP contribution is -2.69. The number of aliphatic hydroxyl groups excluding tert-OH is 1. The van der Waals surface area contributed by atoms with E-state index in [-0.39, 0.29) is 84.9 Å². The van der Waals surface area contributed by atoms with Gasteiger partial charge in [-0.15, -0.1) is 0 Å². The molecule has 0 amide bonds. The van der Waals surface area contributed by atoms with Crippen LogP contribution in [-0.2, 0) is 52.4 Å². The van der Waals surface area contributed by atoms with Gasteiger partial charge in [0.15, 0.2) is 5.60 Å². The van der Waals surface area contributed by atoms with Crippen molar-refractivity contribution in [2.75, 3.05) is 26.9 Å². The van der Waals surface area contributed by atoms with Gasteiger partial charge in [0.2, 0.25) is 0 Å². The van der Waals surface area contributed by atoms with E-state index in [1.165, 1.54) is 20.1 Å². The van der Waals surface area contributed by atoms with Crippen LogP contribution in [0.3, 0.4) is 0 Å². The minimum atomic E-state index is -1.97. The van der Waals surface area contributed by atoms with Gasteiger partial charge in [-0.1, -0.05) is 13.8 Å². The fourth-order valence-electron chi connectivity index (χ4n) is 13.4. The zero-order valence-corrected chi connectivity index (χ0v) is 30.8. The molecule has 10 rings (SSSR count). The molecular weight excluding hydrogens is 704 g/mol. The van der Waals surface area contributed by atoms with Crippen LogP contribution >= 0.6 is 0 Å². The molecule has 3 heterocycles. The molecule has 0 aromatic heterocycles. The van der Waals surface area contributed by atoms with Gasteiger partial charge in [-0.05, 0) is 85.8 Å². The SMILES string of the molecule is CO[C@]12OC(=O)C(C)=C1C1=C3[C@](C)([C@@H]4C[C@@H]4[C@@]3(O)C[C@@H]3C14OC(=O)C1=C4CC4[C@]3(C)[C@@H]3C[C@@H]3[C@@]4(O)COC(=O)/C(C)=C/COC(=O)CCC(=O)OC1)[C@H]2O. The average molecular weight is 749 g/mol. The monoisotopic (exact) mass is 748 g/mol. The van der Waals surface area contributed by atoms with Gasteiger partial charge in [0.25, 0.3) is 5.79 Å². The highest BCUT2D eigenvalue weighted by molar-refractivity contribution is 5.98. The Kier molecular flexibility index (Phi) is 6.61. The quantitative estimate of drug-likeness (QED) is 0.258. The second kappa shape index (κ2) is 10.3. The lowest BCUT2D eigenvalue weighted by atomic mass is 9.42. The summed E-state index contributed by atoms with van der Waals surface area (Å²) in [6.07, 6.45) is 0.814. The molecule has 14 heteroatoms. The third-order valence-corrected chi connectivity index (χ3v) is 15.9. The number of rotatable bonds is 1. The maximum absolute atomic E-state index is 14.5. The molecule has 2 unspecified atom stereocenters. The average Bonchev–Trinajstić information content (AvgIpc) is 4.04. The first-order chi connectivity index (χ1) is 25.5. The van der Waals surface area contributed by atoms with Crippen molar-refractivity contribution >= 4 is 29.8 Å². The van der Waals surface area contributed by atoms with Gasteiger partial charge < -0.3 is 43.7 Å². The maximum atomic E-state index is 14.5. The molecule has 288 valence electrons. The van der Waals surface area contributed by atoms with Gasteiger partial charge in [-0.3, -0.25) is 9.59 Å². The lowest BCUT2D eigenvalue weighted by molar-refractivity contribution is -0.256. The van der Waals surface area contributed by atoms with Crippen molar-refractivity contribution in [3.63, 3.8) is 0 Å². The summed E-state index contributed by atoms with van der Waals surface area (Å²) in [6, 6.07) is 0. The molecule has 0 radical (unpaired) electrons. The molecule has 3 aliphatic heterocycles. The van der Waals surface area contributed by atoms with Gasteiger partial charge in [0.05, 0.1) is 24.0 Å². The van der Waals surface area contributed by atoms with Crippen LogP contribution in [0.15, 0.2) is 45.1 Å². The number of methoxy groups -OCH3 is 1. The molecule has 14 nitrogen and oxygen atoms in total. The summed E-state index contributed by atoms with van der Waals surface area (Å²) < 4.78 is 35.4. The van der Waals surface area contributed by atoms with E-state index in [9.17, 15) is 39.3 Å². The van der Waals surface area contributed by atoms with Gasteiger partial charge in [0, 0.05) is 46.7 Å². The van der Waals surface area contributed by atoms with Crippen LogP contribution in [0.4, 0.5) is 0 Å². The van der Waals surface area contributed by atoms with Crippen LogP contribution in [0.5, 0.6) is 0 Å². The number of aliphatic hydroxyl groups is 3. The van der Waals surface area contributed by atoms with E-state index in [2.05, 4.69) is 6.92 Å². The minimum absolute atomic E-state index is 0.0545. The molecule has 0 saturated heterocycles. The summed E-state index contributed by atoms with van der Waals surface area (Å²) in [5.74, 6) is -7.65. The second-order valence-electron chi connectivity index (χ2n) is 17.8. The molecule has 5 saturated carbocycles. The fraction of sp³-hybridized carbons (Fsp3) is 0.675. The molecule has 0 aromatic rings. The summed E-state index contributed by atoms with van der Waals surface area (Å²) in [5, 5.41) is 38.3. The van der Waals surface area contributed by atoms with Crippen molar-refractivity contribution in [2.45, 2.75) is 94.9 Å². The predicted octanol–water partition coefficient (Wildman–Crippen LogP) is 1.65. The zero-order chi connectivity index (χ0) is 38.3. The van der Waals surface area contributed by atoms with Crippen LogP contribution in [-0.4, -0.2) is 101 Å². The first-order valence-electron chi connectivity index (χ1n) is 19.0. The van der Waals surface area contributed by atoms with Crippen molar-refractivity contribution in [2.24, 2.45) is 46.3 Å². The Hall–Kier alpha value is -3.85. The minimum Gasteiger partial charge on any atom is -0.461 e. The lowest BCUT2D eigenvalue weighted by Gasteiger charge is -2.64. The van der Waals surface area contributed by atoms with E-state index in [1.54, 1.807) is 6.92 Å². The van der Waals surface area contributed by atoms with E-state index >= 15 is 0 Å². The number of cyclic esters (lactones) is 3. The standard InChI is InChI=1S/C40H44O14/c1-16-8-9-50-26(41)6-7-27(42)51-14-18-19-12-24-35(3,20-10-23(20)38(24,48)15-52-31(16)43)25-13-37(47)22-11-21(22)36(4)30(37)29(39(19,25)53-33(18)45)28-17(2)32(44)54-40(28,49-5)34(36)46/h8,20-25,34,46-48H,6-7,9-15H2,1-5H3/b16-8+/t20-,21-,22+,23+,24?,25+,34-,35+,36+,37+,38+,39?,40+/m1/s1. The number of esters is 5. The van der Waals surface area contributed by atoms with Crippen molar-refractivity contribution in [1.29, 1.82) is 0 Å². The third-order valence-electron chi connectivity index (χ3n) is 15.9. The van der Waals surface area contributed by atoms with Gasteiger partial charge in [0.1, 0.15) is 31.5 Å². The van der Waals surface area contributed by atoms with Crippen molar-refractivity contribution in [1.82, 2.24) is 0 Å². The number of carbonyl (C=O) groups is 5. The largest absolute Gasteiger partial charge is 0.461 e. The predicted molar refractivity (Wildman–Crippen MR) is 179 cm³/mol. The molecule has 0 aromatic carbocycles. The number of fused-ring (bicyclic) bond motifs is 9. The molecule has 54 heavy (non-hydrogen) atoms. The van der Waals surface area contributed by atoms with Crippen LogP contribution in [0, 0.1) is 46.3 Å². The summed E-state index contributed by atoms with van der Waals surface area (Å²) in [5.41, 5.74) is -4.64. The molecule has 3 N–H and O–H groups in total. The molecule has 2 bridgehead atoms. The highest BCUT2D eigenvalue weighted by atomic mass is 16.7. The van der Waals surface area contributed by atoms with E-state index in [4.69, 9.17) is 28.4 Å². The molecule has 1 spiro atoms. The maximum Gasteiger partial charge on any atom is 0.338 e. The molecule has 5 fully saturated rings. The summed E-state index contributed by atoms with van der Waals surface area (Å²) in [6.45, 7) is 5.97. The number of ether oxygens (including phenoxy) is 6. The van der Waals surface area contributed by atoms with E-state index in [0.29, 0.717) is 29.6 Å². The van der Waals surface area contributed by atoms with Gasteiger partial charge in [-0.2, -0.15) is 0 Å². The Labute approximate surface area is 310 Å². The van der Waals surface area contributed by atoms with E-state index in [0.717, 1.165) is 0 Å². The van der Waals surface area contributed by atoms with Crippen LogP contribution in [0.25, 0.3) is 0 Å². The van der Waals surface area contributed by atoms with Crippen LogP contribution in [0.1, 0.15) is 66.2 Å². The Morgan fingerprint density at radius 1 is 0.815 bits per heavy atom. The van der Waals surface area contributed by atoms with Gasteiger partial charge >= 0.3 is 29.8 Å². The van der Waals surface area contributed by atoms with Crippen molar-refractivity contribution < 1.29 is 67.7 Å². The Morgan fingerprint density at radius 2 is 1.52 bits per heavy atom. The Bertz CT molecular complexity index is 2040. The first kappa shape index (κ1) is 34.6. The molecule has 13 atom stereocenters.